The number of rotatable bonds is 5. The molecule has 0 aromatic carbocycles. The van der Waals surface area contributed by atoms with Crippen LogP contribution in [-0.4, -0.2) is 21.9 Å². The summed E-state index contributed by atoms with van der Waals surface area (Å²) in [5, 5.41) is 21.0. The first-order valence-electron chi connectivity index (χ1n) is 5.99. The average Bonchev–Trinajstić information content (AvgIpc) is 2.80. The first kappa shape index (κ1) is 14.2. The largest absolute Gasteiger partial charge is 0.360 e. The van der Waals surface area contributed by atoms with Gasteiger partial charge in [0.15, 0.2) is 0 Å². The Bertz CT molecular complexity index is 641. The van der Waals surface area contributed by atoms with Crippen LogP contribution in [0.25, 0.3) is 0 Å². The van der Waals surface area contributed by atoms with Crippen LogP contribution in [-0.2, 0) is 6.54 Å². The zero-order chi connectivity index (χ0) is 14.7. The van der Waals surface area contributed by atoms with Crippen molar-refractivity contribution in [2.24, 2.45) is 0 Å². The van der Waals surface area contributed by atoms with Gasteiger partial charge in [0, 0.05) is 13.6 Å². The molecule has 106 valence electrons. The van der Waals surface area contributed by atoms with E-state index in [1.807, 2.05) is 17.7 Å². The molecule has 2 heterocycles. The predicted molar refractivity (Wildman–Crippen MR) is 79.4 cm³/mol. The van der Waals surface area contributed by atoms with E-state index in [0.717, 1.165) is 11.1 Å². The second-order valence-corrected chi connectivity index (χ2v) is 5.01. The van der Waals surface area contributed by atoms with Crippen LogP contribution in [0.4, 0.5) is 17.5 Å². The Balaban J connectivity index is 2.31. The molecule has 20 heavy (non-hydrogen) atoms. The maximum Gasteiger partial charge on any atom is 0.332 e. The Kier molecular flexibility index (Phi) is 4.14. The van der Waals surface area contributed by atoms with Crippen molar-refractivity contribution in [3.8, 4) is 0 Å². The fourth-order valence-electron chi connectivity index (χ4n) is 1.77. The van der Waals surface area contributed by atoms with Gasteiger partial charge in [0.05, 0.1) is 4.92 Å². The molecule has 0 amide bonds. The summed E-state index contributed by atoms with van der Waals surface area (Å²) >= 11 is 1.60. The molecule has 0 saturated carbocycles. The van der Waals surface area contributed by atoms with Gasteiger partial charge in [-0.25, -0.2) is 4.98 Å². The van der Waals surface area contributed by atoms with E-state index < -0.39 is 4.92 Å². The SMILES string of the molecule is CNc1nc(C)c([N+](=O)[O-])c(NCc2cscc2C)n1. The minimum absolute atomic E-state index is 0.0862. The molecule has 0 aliphatic rings. The van der Waals surface area contributed by atoms with Gasteiger partial charge in [0.2, 0.25) is 11.8 Å². The Morgan fingerprint density at radius 1 is 1.35 bits per heavy atom. The molecule has 0 radical (unpaired) electrons. The van der Waals surface area contributed by atoms with Crippen molar-refractivity contribution in [3.05, 3.63) is 37.7 Å². The highest BCUT2D eigenvalue weighted by molar-refractivity contribution is 7.08. The van der Waals surface area contributed by atoms with Gasteiger partial charge in [0.1, 0.15) is 5.69 Å². The van der Waals surface area contributed by atoms with E-state index in [0.29, 0.717) is 18.2 Å². The van der Waals surface area contributed by atoms with Crippen LogP contribution in [0.15, 0.2) is 10.8 Å². The smallest absolute Gasteiger partial charge is 0.332 e. The number of anilines is 2. The number of hydrogen-bond donors (Lipinski definition) is 2. The van der Waals surface area contributed by atoms with Crippen LogP contribution >= 0.6 is 11.3 Å². The van der Waals surface area contributed by atoms with Crippen molar-refractivity contribution in [2.45, 2.75) is 20.4 Å². The summed E-state index contributed by atoms with van der Waals surface area (Å²) in [6.45, 7) is 4.10. The van der Waals surface area contributed by atoms with Crippen molar-refractivity contribution < 1.29 is 4.92 Å². The lowest BCUT2D eigenvalue weighted by Crippen LogP contribution is -2.09. The molecule has 0 unspecified atom stereocenters. The van der Waals surface area contributed by atoms with Crippen LogP contribution < -0.4 is 10.6 Å². The van der Waals surface area contributed by atoms with E-state index in [-0.39, 0.29) is 11.5 Å². The third-order valence-electron chi connectivity index (χ3n) is 2.87. The highest BCUT2D eigenvalue weighted by Gasteiger charge is 2.21. The molecule has 8 heteroatoms. The maximum absolute atomic E-state index is 11.1. The fraction of sp³-hybridized carbons (Fsp3) is 0.333. The minimum atomic E-state index is -0.461. The van der Waals surface area contributed by atoms with E-state index in [1.165, 1.54) is 0 Å². The van der Waals surface area contributed by atoms with E-state index >= 15 is 0 Å². The molecule has 0 aliphatic heterocycles. The number of nitrogens with one attached hydrogen (secondary N) is 2. The molecule has 2 N–H and O–H groups in total. The summed E-state index contributed by atoms with van der Waals surface area (Å²) in [6, 6.07) is 0. The minimum Gasteiger partial charge on any atom is -0.360 e. The predicted octanol–water partition coefficient (Wildman–Crippen LogP) is 2.72. The zero-order valence-corrected chi connectivity index (χ0v) is 12.2. The van der Waals surface area contributed by atoms with Gasteiger partial charge in [-0.15, -0.1) is 0 Å². The average molecular weight is 293 g/mol. The third-order valence-corrected chi connectivity index (χ3v) is 3.78. The third kappa shape index (κ3) is 2.85. The Morgan fingerprint density at radius 2 is 2.10 bits per heavy atom. The quantitative estimate of drug-likeness (QED) is 0.650. The van der Waals surface area contributed by atoms with Crippen LogP contribution in [0.5, 0.6) is 0 Å². The van der Waals surface area contributed by atoms with E-state index in [4.69, 9.17) is 0 Å². The molecule has 0 bridgehead atoms. The molecule has 2 aromatic rings. The first-order chi connectivity index (χ1) is 9.52. The fourth-order valence-corrected chi connectivity index (χ4v) is 2.62. The van der Waals surface area contributed by atoms with Crippen molar-refractivity contribution in [3.63, 3.8) is 0 Å². The van der Waals surface area contributed by atoms with Gasteiger partial charge in [0.25, 0.3) is 0 Å². The van der Waals surface area contributed by atoms with Gasteiger partial charge < -0.3 is 10.6 Å². The molecule has 2 rings (SSSR count). The molecule has 0 saturated heterocycles. The molecular weight excluding hydrogens is 278 g/mol. The zero-order valence-electron chi connectivity index (χ0n) is 11.4. The summed E-state index contributed by atoms with van der Waals surface area (Å²) in [4.78, 5) is 18.8. The van der Waals surface area contributed by atoms with E-state index in [2.05, 4.69) is 20.6 Å². The Labute approximate surface area is 120 Å². The van der Waals surface area contributed by atoms with Crippen LogP contribution in [0.3, 0.4) is 0 Å². The van der Waals surface area contributed by atoms with Gasteiger partial charge in [-0.05, 0) is 35.7 Å². The summed E-state index contributed by atoms with van der Waals surface area (Å²) < 4.78 is 0. The van der Waals surface area contributed by atoms with Gasteiger partial charge in [-0.1, -0.05) is 0 Å². The molecule has 0 fully saturated rings. The van der Waals surface area contributed by atoms with E-state index in [1.54, 1.807) is 25.3 Å². The number of aryl methyl sites for hydroxylation is 2. The number of nitrogens with zero attached hydrogens (tertiary/aromatic N) is 3. The van der Waals surface area contributed by atoms with E-state index in [9.17, 15) is 10.1 Å². The number of nitro groups is 1. The van der Waals surface area contributed by atoms with Crippen molar-refractivity contribution in [2.75, 3.05) is 17.7 Å². The Morgan fingerprint density at radius 3 is 2.65 bits per heavy atom. The lowest BCUT2D eigenvalue weighted by molar-refractivity contribution is -0.385. The summed E-state index contributed by atoms with van der Waals surface area (Å²) in [6.07, 6.45) is 0. The van der Waals surface area contributed by atoms with Gasteiger partial charge in [-0.3, -0.25) is 10.1 Å². The Hall–Kier alpha value is -2.22. The normalized spacial score (nSPS) is 10.3. The second kappa shape index (κ2) is 5.83. The molecule has 2 aromatic heterocycles. The number of hydrogen-bond acceptors (Lipinski definition) is 7. The number of aromatic nitrogens is 2. The van der Waals surface area contributed by atoms with Crippen LogP contribution in [0, 0.1) is 24.0 Å². The standard InChI is InChI=1S/C12H15N5O2S/c1-7-5-20-6-9(7)4-14-11-10(17(18)19)8(2)15-12(13-3)16-11/h5-6H,4H2,1-3H3,(H2,13,14,15,16). The monoisotopic (exact) mass is 293 g/mol. The van der Waals surface area contributed by atoms with Crippen LogP contribution in [0.2, 0.25) is 0 Å². The van der Waals surface area contributed by atoms with Crippen molar-refractivity contribution >= 4 is 28.8 Å². The topological polar surface area (TPSA) is 93.0 Å². The summed E-state index contributed by atoms with van der Waals surface area (Å²) in [5.41, 5.74) is 2.51. The lowest BCUT2D eigenvalue weighted by atomic mass is 10.2. The van der Waals surface area contributed by atoms with Gasteiger partial charge >= 0.3 is 5.69 Å². The van der Waals surface area contributed by atoms with Crippen molar-refractivity contribution in [1.82, 2.24) is 9.97 Å². The molecule has 0 aliphatic carbocycles. The highest BCUT2D eigenvalue weighted by Crippen LogP contribution is 2.27. The lowest BCUT2D eigenvalue weighted by Gasteiger charge is -2.09. The van der Waals surface area contributed by atoms with Crippen LogP contribution in [0.1, 0.15) is 16.8 Å². The molecular formula is C12H15N5O2S. The second-order valence-electron chi connectivity index (χ2n) is 4.27. The van der Waals surface area contributed by atoms with Gasteiger partial charge in [-0.2, -0.15) is 16.3 Å². The number of thiophene rings is 1. The molecule has 7 nitrogen and oxygen atoms in total. The van der Waals surface area contributed by atoms with Crippen molar-refractivity contribution in [1.29, 1.82) is 0 Å². The molecule has 0 spiro atoms. The summed E-state index contributed by atoms with van der Waals surface area (Å²) in [7, 11) is 1.67. The summed E-state index contributed by atoms with van der Waals surface area (Å²) in [5.74, 6) is 0.593. The molecule has 0 atom stereocenters. The maximum atomic E-state index is 11.1. The first-order valence-corrected chi connectivity index (χ1v) is 6.93. The highest BCUT2D eigenvalue weighted by atomic mass is 32.1.